The van der Waals surface area contributed by atoms with Crippen molar-refractivity contribution in [2.45, 2.75) is 31.4 Å². The van der Waals surface area contributed by atoms with Gasteiger partial charge in [0.2, 0.25) is 5.91 Å². The van der Waals surface area contributed by atoms with Crippen LogP contribution in [0, 0.1) is 11.3 Å². The number of carbonyl (C=O) groups excluding carboxylic acids is 1. The largest absolute Gasteiger partial charge is 0.485 e. The molecule has 0 aliphatic carbocycles. The van der Waals surface area contributed by atoms with Crippen molar-refractivity contribution >= 4 is 23.2 Å². The molecule has 3 fully saturated rings. The molecule has 1 aromatic heterocycles. The second-order valence-electron chi connectivity index (χ2n) is 10.0. The molecule has 192 valence electrons. The molecule has 0 saturated carbocycles. The number of fused-ring (bicyclic) bond motifs is 2. The number of piperidine rings is 1. The molecule has 10 heteroatoms. The number of morpholine rings is 1. The van der Waals surface area contributed by atoms with Gasteiger partial charge in [0.25, 0.3) is 0 Å². The highest BCUT2D eigenvalue weighted by molar-refractivity contribution is 5.87. The van der Waals surface area contributed by atoms with Crippen LogP contribution in [0.25, 0.3) is 0 Å². The Morgan fingerprint density at radius 2 is 1.95 bits per heavy atom. The number of hydrogen-bond acceptors (Lipinski definition) is 9. The summed E-state index contributed by atoms with van der Waals surface area (Å²) in [5.74, 6) is 2.50. The summed E-state index contributed by atoms with van der Waals surface area (Å²) in [7, 11) is 0. The summed E-state index contributed by atoms with van der Waals surface area (Å²) >= 11 is 0. The van der Waals surface area contributed by atoms with E-state index in [1.807, 2.05) is 11.0 Å². The molecular weight excluding hydrogens is 470 g/mol. The predicted octanol–water partition coefficient (Wildman–Crippen LogP) is 2.40. The molecule has 0 spiro atoms. The van der Waals surface area contributed by atoms with Gasteiger partial charge >= 0.3 is 0 Å². The van der Waals surface area contributed by atoms with Crippen LogP contribution in [0.1, 0.15) is 35.4 Å². The fourth-order valence-electron chi connectivity index (χ4n) is 5.78. The second-order valence-corrected chi connectivity index (χ2v) is 10.0. The molecule has 0 atom stereocenters. The number of nitrogens with one attached hydrogen (secondary N) is 1. The van der Waals surface area contributed by atoms with Crippen molar-refractivity contribution in [1.82, 2.24) is 19.8 Å². The number of ether oxygens (including phenoxy) is 2. The first kappa shape index (κ1) is 23.7. The van der Waals surface area contributed by atoms with Crippen LogP contribution >= 0.6 is 0 Å². The van der Waals surface area contributed by atoms with E-state index in [1.165, 1.54) is 6.08 Å². The Labute approximate surface area is 216 Å². The average molecular weight is 502 g/mol. The van der Waals surface area contributed by atoms with Gasteiger partial charge in [0, 0.05) is 51.2 Å². The van der Waals surface area contributed by atoms with E-state index in [2.05, 4.69) is 43.8 Å². The SMILES string of the molecule is C=CC(=O)N1CCC(N2CC(c3cc(C#N)c4c(c3)Nc3ncnc(N5CCOCC5)c3CO4)C2)CC1. The first-order chi connectivity index (χ1) is 18.1. The van der Waals surface area contributed by atoms with Crippen molar-refractivity contribution in [3.8, 4) is 11.8 Å². The van der Waals surface area contributed by atoms with Gasteiger partial charge in [0.05, 0.1) is 30.0 Å². The van der Waals surface area contributed by atoms with Crippen LogP contribution in [0.4, 0.5) is 17.3 Å². The van der Waals surface area contributed by atoms with Gasteiger partial charge < -0.3 is 24.6 Å². The van der Waals surface area contributed by atoms with Gasteiger partial charge in [-0.3, -0.25) is 9.69 Å². The van der Waals surface area contributed by atoms with E-state index in [4.69, 9.17) is 9.47 Å². The van der Waals surface area contributed by atoms with Crippen LogP contribution in [-0.2, 0) is 16.1 Å². The number of carbonyl (C=O) groups is 1. The number of hydrogen-bond donors (Lipinski definition) is 1. The van der Waals surface area contributed by atoms with Crippen molar-refractivity contribution in [2.24, 2.45) is 0 Å². The molecule has 6 rings (SSSR count). The first-order valence-electron chi connectivity index (χ1n) is 12.9. The molecule has 4 aliphatic rings. The lowest BCUT2D eigenvalue weighted by atomic mass is 9.86. The van der Waals surface area contributed by atoms with E-state index in [1.54, 1.807) is 6.33 Å². The Kier molecular flexibility index (Phi) is 6.40. The second kappa shape index (κ2) is 10.00. The molecule has 4 aliphatic heterocycles. The van der Waals surface area contributed by atoms with Crippen molar-refractivity contribution in [3.05, 3.63) is 47.8 Å². The third kappa shape index (κ3) is 4.49. The zero-order valence-corrected chi connectivity index (χ0v) is 20.9. The molecule has 1 amide bonds. The van der Waals surface area contributed by atoms with E-state index in [0.29, 0.717) is 48.9 Å². The molecule has 0 unspecified atom stereocenters. The normalized spacial score (nSPS) is 20.4. The van der Waals surface area contributed by atoms with E-state index in [-0.39, 0.29) is 5.91 Å². The zero-order valence-electron chi connectivity index (χ0n) is 20.9. The number of nitrogens with zero attached hydrogens (tertiary/aromatic N) is 6. The zero-order chi connectivity index (χ0) is 25.4. The Balaban J connectivity index is 1.18. The lowest BCUT2D eigenvalue weighted by molar-refractivity contribution is -0.127. The molecule has 0 bridgehead atoms. The van der Waals surface area contributed by atoms with Crippen LogP contribution in [0.5, 0.6) is 5.75 Å². The molecule has 0 radical (unpaired) electrons. The highest BCUT2D eigenvalue weighted by atomic mass is 16.5. The smallest absolute Gasteiger partial charge is 0.245 e. The van der Waals surface area contributed by atoms with Gasteiger partial charge in [0.15, 0.2) is 5.75 Å². The first-order valence-corrected chi connectivity index (χ1v) is 12.9. The van der Waals surface area contributed by atoms with Gasteiger partial charge in [-0.1, -0.05) is 6.58 Å². The summed E-state index contributed by atoms with van der Waals surface area (Å²) in [6, 6.07) is 6.91. The Bertz CT molecular complexity index is 1240. The summed E-state index contributed by atoms with van der Waals surface area (Å²) in [6.45, 7) is 10.2. The Morgan fingerprint density at radius 3 is 2.68 bits per heavy atom. The highest BCUT2D eigenvalue weighted by Crippen LogP contribution is 2.42. The van der Waals surface area contributed by atoms with E-state index in [9.17, 15) is 10.1 Å². The van der Waals surface area contributed by atoms with Crippen LogP contribution in [0.3, 0.4) is 0 Å². The fraction of sp³-hybridized carbons (Fsp3) is 0.481. The van der Waals surface area contributed by atoms with Crippen molar-refractivity contribution in [2.75, 3.05) is 62.7 Å². The quantitative estimate of drug-likeness (QED) is 0.632. The maximum Gasteiger partial charge on any atom is 0.245 e. The molecule has 5 heterocycles. The van der Waals surface area contributed by atoms with Gasteiger partial charge in [-0.25, -0.2) is 9.97 Å². The van der Waals surface area contributed by atoms with E-state index < -0.39 is 0 Å². The van der Waals surface area contributed by atoms with Crippen molar-refractivity contribution in [1.29, 1.82) is 5.26 Å². The standard InChI is InChI=1S/C27H31N7O3/c1-2-24(35)32-5-3-21(4-6-32)34-14-20(15-34)18-11-19(13-28)25-23(12-18)31-26-22(16-37-25)27(30-17-29-26)33-7-9-36-10-8-33/h2,11-12,17,20-21H,1,3-10,14-16H2,(H,29,30,31). The van der Waals surface area contributed by atoms with Crippen LogP contribution in [-0.4, -0.2) is 84.2 Å². The molecule has 2 aromatic rings. The topological polar surface area (TPSA) is 107 Å². The number of likely N-dealkylation sites (tertiary alicyclic amines) is 2. The maximum atomic E-state index is 11.9. The number of rotatable bonds is 4. The van der Waals surface area contributed by atoms with Gasteiger partial charge in [0.1, 0.15) is 30.6 Å². The van der Waals surface area contributed by atoms with Crippen molar-refractivity contribution < 1.29 is 14.3 Å². The number of amides is 1. The third-order valence-corrected chi connectivity index (χ3v) is 7.93. The summed E-state index contributed by atoms with van der Waals surface area (Å²) in [5, 5.41) is 13.4. The molecule has 3 saturated heterocycles. The summed E-state index contributed by atoms with van der Waals surface area (Å²) in [4.78, 5) is 27.5. The minimum atomic E-state index is 0.0209. The number of benzene rings is 1. The van der Waals surface area contributed by atoms with E-state index >= 15 is 0 Å². The lowest BCUT2D eigenvalue weighted by Gasteiger charge is -2.47. The number of aromatic nitrogens is 2. The Morgan fingerprint density at radius 1 is 1.16 bits per heavy atom. The third-order valence-electron chi connectivity index (χ3n) is 7.93. The predicted molar refractivity (Wildman–Crippen MR) is 138 cm³/mol. The van der Waals surface area contributed by atoms with Gasteiger partial charge in [-0.05, 0) is 36.6 Å². The van der Waals surface area contributed by atoms with E-state index in [0.717, 1.165) is 74.7 Å². The molecular formula is C27H31N7O3. The van der Waals surface area contributed by atoms with Gasteiger partial charge in [-0.15, -0.1) is 0 Å². The van der Waals surface area contributed by atoms with Crippen LogP contribution in [0.2, 0.25) is 0 Å². The fourth-order valence-corrected chi connectivity index (χ4v) is 5.78. The van der Waals surface area contributed by atoms with Crippen LogP contribution < -0.4 is 15.0 Å². The minimum absolute atomic E-state index is 0.0209. The minimum Gasteiger partial charge on any atom is -0.485 e. The average Bonchev–Trinajstić information content (AvgIpc) is 3.11. The molecule has 1 N–H and O–H groups in total. The molecule has 1 aromatic carbocycles. The monoisotopic (exact) mass is 501 g/mol. The maximum absolute atomic E-state index is 11.9. The summed E-state index contributed by atoms with van der Waals surface area (Å²) < 4.78 is 11.7. The number of nitriles is 1. The van der Waals surface area contributed by atoms with Crippen molar-refractivity contribution in [3.63, 3.8) is 0 Å². The summed E-state index contributed by atoms with van der Waals surface area (Å²) in [6.07, 6.45) is 4.94. The highest BCUT2D eigenvalue weighted by Gasteiger charge is 2.36. The Hall–Kier alpha value is -3.68. The lowest BCUT2D eigenvalue weighted by Crippen LogP contribution is -2.54. The molecule has 37 heavy (non-hydrogen) atoms. The summed E-state index contributed by atoms with van der Waals surface area (Å²) in [5.41, 5.74) is 3.33. The number of anilines is 3. The van der Waals surface area contributed by atoms with Crippen LogP contribution in [0.15, 0.2) is 31.1 Å². The molecule has 10 nitrogen and oxygen atoms in total. The van der Waals surface area contributed by atoms with Gasteiger partial charge in [-0.2, -0.15) is 5.26 Å².